The topological polar surface area (TPSA) is 89.2 Å². The Balaban J connectivity index is 1.67. The van der Waals surface area contributed by atoms with Crippen LogP contribution in [0.3, 0.4) is 0 Å². The van der Waals surface area contributed by atoms with Gasteiger partial charge in [0.2, 0.25) is 5.91 Å². The number of carbonyl (C=O) groups excluding carboxylic acids is 1. The molecule has 2 N–H and O–H groups in total. The number of rotatable bonds is 9. The van der Waals surface area contributed by atoms with Gasteiger partial charge in [-0.2, -0.15) is 0 Å². The molecule has 3 aromatic rings. The van der Waals surface area contributed by atoms with Crippen LogP contribution in [-0.2, 0) is 37.3 Å². The van der Waals surface area contributed by atoms with Gasteiger partial charge in [0.15, 0.2) is 5.89 Å². The van der Waals surface area contributed by atoms with Gasteiger partial charge in [-0.1, -0.05) is 17.7 Å². The Hall–Kier alpha value is -2.90. The fraction of sp³-hybridized carbons (Fsp3) is 0.348. The van der Waals surface area contributed by atoms with Crippen LogP contribution < -0.4 is 16.2 Å². The number of carbonyl (C=O) groups is 1. The summed E-state index contributed by atoms with van der Waals surface area (Å²) in [6, 6.07) is 7.48. The molecule has 31 heavy (non-hydrogen) atoms. The van der Waals surface area contributed by atoms with Crippen molar-refractivity contribution in [3.05, 3.63) is 85.9 Å². The van der Waals surface area contributed by atoms with Crippen LogP contribution in [0.4, 0.5) is 0 Å². The first kappa shape index (κ1) is 22.8. The largest absolute Gasteiger partial charge is 0.446 e. The predicted molar refractivity (Wildman–Crippen MR) is 120 cm³/mol. The van der Waals surface area contributed by atoms with Crippen molar-refractivity contribution in [2.45, 2.75) is 46.3 Å². The lowest BCUT2D eigenvalue weighted by Crippen LogP contribution is -2.31. The van der Waals surface area contributed by atoms with Gasteiger partial charge < -0.3 is 19.6 Å². The molecule has 0 atom stereocenters. The molecular weight excluding hydrogens is 416 g/mol. The van der Waals surface area contributed by atoms with Crippen LogP contribution in [0.5, 0.6) is 0 Å². The number of halogens is 1. The zero-order valence-electron chi connectivity index (χ0n) is 18.0. The standard InChI is InChI=1S/C23H27ClN4O3/c1-15-6-8-28(9-7-20-14-26-16(2)31-20)23(30)21(15)11-22(29)27-13-18-10-19(24)5-4-17(18)12-25-3/h4-6,8,10,14,25H,7,9,11-13H2,1-3H3,(H,27,29). The molecule has 7 nitrogen and oxygen atoms in total. The molecule has 0 radical (unpaired) electrons. The van der Waals surface area contributed by atoms with Crippen molar-refractivity contribution in [2.24, 2.45) is 0 Å². The molecule has 0 saturated carbocycles. The lowest BCUT2D eigenvalue weighted by Gasteiger charge is -2.13. The van der Waals surface area contributed by atoms with E-state index in [0.717, 1.165) is 22.5 Å². The van der Waals surface area contributed by atoms with Gasteiger partial charge in [0.05, 0.1) is 12.6 Å². The van der Waals surface area contributed by atoms with E-state index in [9.17, 15) is 9.59 Å². The number of oxazole rings is 1. The quantitative estimate of drug-likeness (QED) is 0.532. The van der Waals surface area contributed by atoms with Crippen molar-refractivity contribution < 1.29 is 9.21 Å². The summed E-state index contributed by atoms with van der Waals surface area (Å²) >= 11 is 6.11. The summed E-state index contributed by atoms with van der Waals surface area (Å²) in [6.07, 6.45) is 3.99. The van der Waals surface area contributed by atoms with Crippen molar-refractivity contribution in [1.82, 2.24) is 20.2 Å². The summed E-state index contributed by atoms with van der Waals surface area (Å²) in [5, 5.41) is 6.64. The van der Waals surface area contributed by atoms with Gasteiger partial charge in [0.25, 0.3) is 5.56 Å². The van der Waals surface area contributed by atoms with Gasteiger partial charge in [-0.15, -0.1) is 0 Å². The average Bonchev–Trinajstić information content (AvgIpc) is 3.16. The number of nitrogens with one attached hydrogen (secondary N) is 2. The number of hydrogen-bond donors (Lipinski definition) is 2. The molecule has 0 fully saturated rings. The van der Waals surface area contributed by atoms with Gasteiger partial charge in [-0.05, 0) is 48.9 Å². The number of aromatic nitrogens is 2. The highest BCUT2D eigenvalue weighted by Crippen LogP contribution is 2.16. The normalized spacial score (nSPS) is 11.0. The Kier molecular flexibility index (Phi) is 7.65. The molecule has 1 amide bonds. The number of benzene rings is 1. The minimum absolute atomic E-state index is 0.0227. The summed E-state index contributed by atoms with van der Waals surface area (Å²) < 4.78 is 7.08. The highest BCUT2D eigenvalue weighted by atomic mass is 35.5. The zero-order valence-corrected chi connectivity index (χ0v) is 18.8. The molecule has 1 aromatic carbocycles. The molecule has 0 aliphatic heterocycles. The fourth-order valence-corrected chi connectivity index (χ4v) is 3.59. The van der Waals surface area contributed by atoms with Gasteiger partial charge in [-0.3, -0.25) is 9.59 Å². The van der Waals surface area contributed by atoms with Crippen LogP contribution in [0, 0.1) is 13.8 Å². The van der Waals surface area contributed by atoms with E-state index in [0.29, 0.717) is 42.5 Å². The van der Waals surface area contributed by atoms with Crippen LogP contribution in [0.25, 0.3) is 0 Å². The third kappa shape index (κ3) is 6.06. The summed E-state index contributed by atoms with van der Waals surface area (Å²) in [5.41, 5.74) is 3.14. The van der Waals surface area contributed by atoms with Crippen LogP contribution in [0.2, 0.25) is 5.02 Å². The summed E-state index contributed by atoms with van der Waals surface area (Å²) in [7, 11) is 1.86. The van der Waals surface area contributed by atoms with Crippen LogP contribution >= 0.6 is 11.6 Å². The average molecular weight is 443 g/mol. The molecule has 2 heterocycles. The van der Waals surface area contributed by atoms with Crippen LogP contribution in [-0.4, -0.2) is 22.5 Å². The van der Waals surface area contributed by atoms with Crippen molar-refractivity contribution in [3.8, 4) is 0 Å². The third-order valence-corrected chi connectivity index (χ3v) is 5.35. The minimum atomic E-state index is -0.209. The summed E-state index contributed by atoms with van der Waals surface area (Å²) in [6.45, 7) is 5.11. The lowest BCUT2D eigenvalue weighted by molar-refractivity contribution is -0.120. The summed E-state index contributed by atoms with van der Waals surface area (Å²) in [5.74, 6) is 1.11. The molecule has 0 unspecified atom stereocenters. The van der Waals surface area contributed by atoms with Crippen molar-refractivity contribution in [3.63, 3.8) is 0 Å². The molecule has 3 rings (SSSR count). The molecule has 0 bridgehead atoms. The molecule has 0 saturated heterocycles. The van der Waals surface area contributed by atoms with Gasteiger partial charge in [0, 0.05) is 49.8 Å². The Labute approximate surface area is 186 Å². The second kappa shape index (κ2) is 10.4. The monoisotopic (exact) mass is 442 g/mol. The zero-order chi connectivity index (χ0) is 22.4. The van der Waals surface area contributed by atoms with E-state index >= 15 is 0 Å². The molecule has 2 aromatic heterocycles. The maximum absolute atomic E-state index is 12.9. The van der Waals surface area contributed by atoms with E-state index in [1.165, 1.54) is 0 Å². The number of hydrogen-bond acceptors (Lipinski definition) is 5. The van der Waals surface area contributed by atoms with Crippen LogP contribution in [0.1, 0.15) is 33.9 Å². The number of amides is 1. The molecule has 0 spiro atoms. The van der Waals surface area contributed by atoms with Crippen LogP contribution in [0.15, 0.2) is 45.9 Å². The predicted octanol–water partition coefficient (Wildman–Crippen LogP) is 2.93. The van der Waals surface area contributed by atoms with E-state index in [-0.39, 0.29) is 17.9 Å². The first-order valence-electron chi connectivity index (χ1n) is 10.2. The summed E-state index contributed by atoms with van der Waals surface area (Å²) in [4.78, 5) is 29.6. The third-order valence-electron chi connectivity index (χ3n) is 5.12. The molecule has 0 aliphatic carbocycles. The van der Waals surface area contributed by atoms with Gasteiger partial charge >= 0.3 is 0 Å². The fourth-order valence-electron chi connectivity index (χ4n) is 3.39. The van der Waals surface area contributed by atoms with E-state index in [1.807, 2.05) is 38.2 Å². The maximum atomic E-state index is 12.9. The smallest absolute Gasteiger partial charge is 0.254 e. The molecule has 164 valence electrons. The molecular formula is C23H27ClN4O3. The number of aryl methyl sites for hydroxylation is 4. The first-order valence-corrected chi connectivity index (χ1v) is 10.5. The second-order valence-corrected chi connectivity index (χ2v) is 7.90. The molecule has 0 aliphatic rings. The van der Waals surface area contributed by atoms with Crippen molar-refractivity contribution >= 4 is 17.5 Å². The Bertz CT molecular complexity index is 1120. The highest BCUT2D eigenvalue weighted by molar-refractivity contribution is 6.30. The second-order valence-electron chi connectivity index (χ2n) is 7.47. The highest BCUT2D eigenvalue weighted by Gasteiger charge is 2.13. The van der Waals surface area contributed by atoms with Gasteiger partial charge in [0.1, 0.15) is 5.76 Å². The Morgan fingerprint density at radius 2 is 2.00 bits per heavy atom. The van der Waals surface area contributed by atoms with E-state index in [4.69, 9.17) is 16.0 Å². The SMILES string of the molecule is CNCc1ccc(Cl)cc1CNC(=O)Cc1c(C)ccn(CCc2cnc(C)o2)c1=O. The Morgan fingerprint density at radius 3 is 2.71 bits per heavy atom. The van der Waals surface area contributed by atoms with Gasteiger partial charge in [-0.25, -0.2) is 4.98 Å². The maximum Gasteiger partial charge on any atom is 0.254 e. The lowest BCUT2D eigenvalue weighted by atomic mass is 10.1. The van der Waals surface area contributed by atoms with Crippen molar-refractivity contribution in [2.75, 3.05) is 7.05 Å². The first-order chi connectivity index (χ1) is 14.9. The van der Waals surface area contributed by atoms with E-state index < -0.39 is 0 Å². The van der Waals surface area contributed by atoms with E-state index in [2.05, 4.69) is 15.6 Å². The van der Waals surface area contributed by atoms with E-state index in [1.54, 1.807) is 23.9 Å². The Morgan fingerprint density at radius 1 is 1.19 bits per heavy atom. The van der Waals surface area contributed by atoms with Crippen molar-refractivity contribution in [1.29, 1.82) is 0 Å². The molecule has 8 heteroatoms. The number of pyridine rings is 1. The number of nitrogens with zero attached hydrogens (tertiary/aromatic N) is 2. The minimum Gasteiger partial charge on any atom is -0.446 e.